The number of amides is 1. The Morgan fingerprint density at radius 1 is 1.14 bits per heavy atom. The highest BCUT2D eigenvalue weighted by Crippen LogP contribution is 2.27. The molecule has 156 valence electrons. The molecule has 3 rings (SSSR count). The molecule has 29 heavy (non-hydrogen) atoms. The first-order chi connectivity index (χ1) is 13.8. The maximum absolute atomic E-state index is 12.9. The number of H-pyrrole nitrogens is 1. The molecule has 0 aliphatic carbocycles. The van der Waals surface area contributed by atoms with E-state index in [-0.39, 0.29) is 10.6 Å². The fourth-order valence-corrected chi connectivity index (χ4v) is 5.20. The van der Waals surface area contributed by atoms with Crippen LogP contribution in [0.2, 0.25) is 0 Å². The Kier molecular flexibility index (Phi) is 6.39. The quantitative estimate of drug-likeness (QED) is 0.699. The van der Waals surface area contributed by atoms with Crippen molar-refractivity contribution in [1.29, 1.82) is 0 Å². The largest absolute Gasteiger partial charge is 0.451 e. The Labute approximate surface area is 170 Å². The summed E-state index contributed by atoms with van der Waals surface area (Å²) >= 11 is 0. The Morgan fingerprint density at radius 3 is 2.38 bits per heavy atom. The van der Waals surface area contributed by atoms with Crippen molar-refractivity contribution in [3.8, 4) is 0 Å². The monoisotopic (exact) mass is 419 g/mol. The van der Waals surface area contributed by atoms with Gasteiger partial charge in [0.2, 0.25) is 10.0 Å². The zero-order valence-electron chi connectivity index (χ0n) is 16.4. The molecule has 0 spiro atoms. The van der Waals surface area contributed by atoms with Crippen LogP contribution < -0.4 is 5.32 Å². The summed E-state index contributed by atoms with van der Waals surface area (Å²) in [7, 11) is -3.57. The number of benzene rings is 1. The Bertz CT molecular complexity index is 945. The third-order valence-electron chi connectivity index (χ3n) is 4.76. The molecule has 2 heterocycles. The molecule has 0 bridgehead atoms. The first-order valence-electron chi connectivity index (χ1n) is 9.46. The van der Waals surface area contributed by atoms with Gasteiger partial charge in [0.25, 0.3) is 5.91 Å². The van der Waals surface area contributed by atoms with Gasteiger partial charge < -0.3 is 15.0 Å². The summed E-state index contributed by atoms with van der Waals surface area (Å²) < 4.78 is 32.2. The molecule has 2 N–H and O–H groups in total. The first kappa shape index (κ1) is 21.1. The van der Waals surface area contributed by atoms with Gasteiger partial charge in [0.05, 0.1) is 4.90 Å². The number of aromatic nitrogens is 1. The second-order valence-corrected chi connectivity index (χ2v) is 9.44. The predicted molar refractivity (Wildman–Crippen MR) is 108 cm³/mol. The number of hydrogen-bond acceptors (Lipinski definition) is 5. The third kappa shape index (κ3) is 5.24. The van der Waals surface area contributed by atoms with E-state index in [0.29, 0.717) is 30.6 Å². The van der Waals surface area contributed by atoms with E-state index in [9.17, 15) is 18.0 Å². The zero-order valence-corrected chi connectivity index (χ0v) is 17.2. The van der Waals surface area contributed by atoms with Gasteiger partial charge >= 0.3 is 5.97 Å². The second-order valence-electron chi connectivity index (χ2n) is 7.50. The molecule has 0 radical (unpaired) electrons. The van der Waals surface area contributed by atoms with Gasteiger partial charge in [0, 0.05) is 25.0 Å². The van der Waals surface area contributed by atoms with Crippen LogP contribution in [0.15, 0.2) is 47.5 Å². The molecule has 2 aromatic rings. The van der Waals surface area contributed by atoms with E-state index in [1.807, 2.05) is 0 Å². The molecular formula is C20H25N3O5S. The van der Waals surface area contributed by atoms with Crippen molar-refractivity contribution >= 4 is 27.6 Å². The summed E-state index contributed by atoms with van der Waals surface area (Å²) in [5.41, 5.74) is 0.680. The van der Waals surface area contributed by atoms with E-state index in [2.05, 4.69) is 24.1 Å². The average molecular weight is 420 g/mol. The summed E-state index contributed by atoms with van der Waals surface area (Å²) in [5.74, 6) is -0.502. The number of hydrogen-bond donors (Lipinski definition) is 2. The van der Waals surface area contributed by atoms with Crippen LogP contribution in [0.1, 0.15) is 30.8 Å². The van der Waals surface area contributed by atoms with Gasteiger partial charge in [-0.05, 0) is 54.7 Å². The third-order valence-corrected chi connectivity index (χ3v) is 6.61. The number of nitrogens with zero attached hydrogens (tertiary/aromatic N) is 1. The molecule has 1 aliphatic rings. The average Bonchev–Trinajstić information content (AvgIpc) is 3.21. The van der Waals surface area contributed by atoms with Crippen LogP contribution in [0.3, 0.4) is 0 Å². The minimum atomic E-state index is -3.57. The molecule has 0 unspecified atom stereocenters. The molecule has 8 nitrogen and oxygen atoms in total. The van der Waals surface area contributed by atoms with E-state index in [1.165, 1.54) is 28.6 Å². The predicted octanol–water partition coefficient (Wildman–Crippen LogP) is 2.48. The van der Waals surface area contributed by atoms with Gasteiger partial charge in [-0.2, -0.15) is 4.31 Å². The summed E-state index contributed by atoms with van der Waals surface area (Å²) in [6, 6.07) is 9.18. The first-order valence-corrected chi connectivity index (χ1v) is 10.9. The van der Waals surface area contributed by atoms with Crippen molar-refractivity contribution in [2.45, 2.75) is 25.2 Å². The molecule has 9 heteroatoms. The highest BCUT2D eigenvalue weighted by Gasteiger charge is 2.31. The molecule has 1 aliphatic heterocycles. The van der Waals surface area contributed by atoms with Gasteiger partial charge in [-0.15, -0.1) is 0 Å². The molecule has 2 atom stereocenters. The molecule has 1 aromatic carbocycles. The lowest BCUT2D eigenvalue weighted by molar-refractivity contribution is -0.119. The maximum Gasteiger partial charge on any atom is 0.355 e. The number of sulfonamides is 1. The lowest BCUT2D eigenvalue weighted by atomic mass is 9.94. The molecule has 0 saturated carbocycles. The SMILES string of the molecule is C[C@@H]1C[C@H](C)CN(S(=O)(=O)c2ccc(NC(=O)COC(=O)c3ccc[nH]3)cc2)C1. The number of ether oxygens (including phenoxy) is 1. The van der Waals surface area contributed by atoms with Gasteiger partial charge in [-0.3, -0.25) is 4.79 Å². The van der Waals surface area contributed by atoms with Crippen molar-refractivity contribution in [2.75, 3.05) is 25.0 Å². The standard InChI is InChI=1S/C20H25N3O5S/c1-14-10-15(2)12-23(11-14)29(26,27)17-7-5-16(6-8-17)22-19(24)13-28-20(25)18-4-3-9-21-18/h3-9,14-15,21H,10-13H2,1-2H3,(H,22,24)/t14-,15+. The van der Waals surface area contributed by atoms with Crippen LogP contribution in [0.5, 0.6) is 0 Å². The smallest absolute Gasteiger partial charge is 0.355 e. The fraction of sp³-hybridized carbons (Fsp3) is 0.400. The minimum absolute atomic E-state index is 0.190. The normalized spacial score (nSPS) is 20.2. The van der Waals surface area contributed by atoms with Crippen LogP contribution in [0.25, 0.3) is 0 Å². The fourth-order valence-electron chi connectivity index (χ4n) is 3.52. The van der Waals surface area contributed by atoms with Gasteiger partial charge in [-0.1, -0.05) is 13.8 Å². The van der Waals surface area contributed by atoms with E-state index in [4.69, 9.17) is 4.74 Å². The Hall–Kier alpha value is -2.65. The van der Waals surface area contributed by atoms with Crippen LogP contribution in [0, 0.1) is 11.8 Å². The number of carbonyl (C=O) groups excluding carboxylic acids is 2. The summed E-state index contributed by atoms with van der Waals surface area (Å²) in [4.78, 5) is 26.6. The van der Waals surface area contributed by atoms with Crippen LogP contribution in [0.4, 0.5) is 5.69 Å². The van der Waals surface area contributed by atoms with E-state index < -0.39 is 28.5 Å². The Balaban J connectivity index is 1.58. The molecule has 1 aromatic heterocycles. The lowest BCUT2D eigenvalue weighted by Crippen LogP contribution is -2.42. The molecule has 1 fully saturated rings. The van der Waals surface area contributed by atoms with Crippen LogP contribution in [-0.2, 0) is 19.6 Å². The van der Waals surface area contributed by atoms with Crippen molar-refractivity contribution in [1.82, 2.24) is 9.29 Å². The van der Waals surface area contributed by atoms with Crippen LogP contribution >= 0.6 is 0 Å². The van der Waals surface area contributed by atoms with Crippen LogP contribution in [-0.4, -0.2) is 49.3 Å². The van der Waals surface area contributed by atoms with Crippen molar-refractivity contribution in [2.24, 2.45) is 11.8 Å². The number of piperidine rings is 1. The van der Waals surface area contributed by atoms with E-state index >= 15 is 0 Å². The van der Waals surface area contributed by atoms with Crippen molar-refractivity contribution < 1.29 is 22.7 Å². The molecular weight excluding hydrogens is 394 g/mol. The summed E-state index contributed by atoms with van der Waals surface area (Å²) in [6.07, 6.45) is 2.60. The number of esters is 1. The number of nitrogens with one attached hydrogen (secondary N) is 2. The topological polar surface area (TPSA) is 109 Å². The molecule has 1 saturated heterocycles. The molecule has 1 amide bonds. The summed E-state index contributed by atoms with van der Waals surface area (Å²) in [5, 5.41) is 2.58. The van der Waals surface area contributed by atoms with E-state index in [1.54, 1.807) is 18.3 Å². The Morgan fingerprint density at radius 2 is 1.79 bits per heavy atom. The number of anilines is 1. The number of carbonyl (C=O) groups is 2. The van der Waals surface area contributed by atoms with Crippen molar-refractivity contribution in [3.63, 3.8) is 0 Å². The highest BCUT2D eigenvalue weighted by molar-refractivity contribution is 7.89. The number of aromatic amines is 1. The zero-order chi connectivity index (χ0) is 21.0. The van der Waals surface area contributed by atoms with Gasteiger partial charge in [0.1, 0.15) is 5.69 Å². The van der Waals surface area contributed by atoms with Gasteiger partial charge in [-0.25, -0.2) is 13.2 Å². The van der Waals surface area contributed by atoms with Crippen molar-refractivity contribution in [3.05, 3.63) is 48.3 Å². The highest BCUT2D eigenvalue weighted by atomic mass is 32.2. The maximum atomic E-state index is 12.9. The van der Waals surface area contributed by atoms with Gasteiger partial charge in [0.15, 0.2) is 6.61 Å². The minimum Gasteiger partial charge on any atom is -0.451 e. The lowest BCUT2D eigenvalue weighted by Gasteiger charge is -2.34. The summed E-state index contributed by atoms with van der Waals surface area (Å²) in [6.45, 7) is 4.69. The number of rotatable bonds is 6. The second kappa shape index (κ2) is 8.79. The van der Waals surface area contributed by atoms with E-state index in [0.717, 1.165) is 6.42 Å².